The normalized spacial score (nSPS) is 18.1. The molecule has 1 saturated heterocycles. The van der Waals surface area contributed by atoms with Gasteiger partial charge < -0.3 is 24.4 Å². The molecule has 0 aliphatic carbocycles. The lowest BCUT2D eigenvalue weighted by Gasteiger charge is -2.37. The van der Waals surface area contributed by atoms with Crippen molar-refractivity contribution in [3.8, 4) is 5.75 Å². The van der Waals surface area contributed by atoms with Crippen LogP contribution in [0.5, 0.6) is 5.75 Å². The quantitative estimate of drug-likeness (QED) is 0.433. The number of carbonyl (C=O) groups excluding carboxylic acids is 3. The lowest BCUT2D eigenvalue weighted by atomic mass is 10.1. The number of fused-ring (bicyclic) bond motifs is 1. The molecule has 8 nitrogen and oxygen atoms in total. The monoisotopic (exact) mass is 492 g/mol. The van der Waals surface area contributed by atoms with E-state index in [1.165, 1.54) is 16.7 Å². The number of ether oxygens (including phenoxy) is 1. The second-order valence-corrected chi connectivity index (χ2v) is 9.11. The van der Waals surface area contributed by atoms with E-state index in [4.69, 9.17) is 4.74 Å². The summed E-state index contributed by atoms with van der Waals surface area (Å²) in [5.41, 5.74) is 0.852. The van der Waals surface area contributed by atoms with Gasteiger partial charge in [0.05, 0.1) is 12.5 Å². The van der Waals surface area contributed by atoms with Crippen LogP contribution >= 0.6 is 11.8 Å². The molecule has 0 radical (unpaired) electrons. The summed E-state index contributed by atoms with van der Waals surface area (Å²) in [6.07, 6.45) is -0.487. The number of thioether (sulfide) groups is 1. The van der Waals surface area contributed by atoms with Crippen molar-refractivity contribution in [3.05, 3.63) is 78.4 Å². The third kappa shape index (κ3) is 5.30. The minimum atomic E-state index is -1.21. The predicted octanol–water partition coefficient (Wildman–Crippen LogP) is 3.32. The Kier molecular flexibility index (Phi) is 7.67. The van der Waals surface area contributed by atoms with Gasteiger partial charge in [0.15, 0.2) is 6.61 Å². The lowest BCUT2D eigenvalue weighted by molar-refractivity contribution is -0.147. The molecular weight excluding hydrogens is 468 g/mol. The van der Waals surface area contributed by atoms with Crippen molar-refractivity contribution in [1.82, 2.24) is 9.80 Å². The summed E-state index contributed by atoms with van der Waals surface area (Å²) < 4.78 is 5.92. The zero-order valence-electron chi connectivity index (χ0n) is 18.7. The molecule has 1 unspecified atom stereocenters. The fraction of sp³-hybridized carbons (Fsp3) is 0.231. The first-order valence-electron chi connectivity index (χ1n) is 11.0. The minimum absolute atomic E-state index is 0.286. The molecule has 1 aliphatic rings. The Bertz CT molecular complexity index is 1220. The zero-order chi connectivity index (χ0) is 24.8. The molecule has 3 atom stereocenters. The van der Waals surface area contributed by atoms with Crippen molar-refractivity contribution < 1.29 is 29.0 Å². The van der Waals surface area contributed by atoms with Crippen molar-refractivity contribution >= 4 is 47.1 Å². The molecule has 3 aromatic rings. The Morgan fingerprint density at radius 3 is 2.49 bits per heavy atom. The first-order valence-corrected chi connectivity index (χ1v) is 12.1. The van der Waals surface area contributed by atoms with Gasteiger partial charge in [-0.15, -0.1) is 11.8 Å². The topological polar surface area (TPSA) is 104 Å². The van der Waals surface area contributed by atoms with E-state index >= 15 is 0 Å². The van der Waals surface area contributed by atoms with Crippen molar-refractivity contribution in [2.24, 2.45) is 0 Å². The zero-order valence-corrected chi connectivity index (χ0v) is 19.5. The van der Waals surface area contributed by atoms with Crippen molar-refractivity contribution in [2.45, 2.75) is 24.0 Å². The molecule has 9 heteroatoms. The molecule has 1 fully saturated rings. The molecule has 0 spiro atoms. The molecule has 1 heterocycles. The van der Waals surface area contributed by atoms with Crippen LogP contribution in [0.25, 0.3) is 10.8 Å². The van der Waals surface area contributed by atoms with E-state index in [0.717, 1.165) is 21.2 Å². The maximum atomic E-state index is 13.5. The maximum Gasteiger partial charge on any atom is 0.305 e. The van der Waals surface area contributed by atoms with Crippen LogP contribution in [0.1, 0.15) is 17.4 Å². The first kappa shape index (κ1) is 24.3. The summed E-state index contributed by atoms with van der Waals surface area (Å²) in [5, 5.41) is 10.6. The summed E-state index contributed by atoms with van der Waals surface area (Å²) in [4.78, 5) is 51.1. The summed E-state index contributed by atoms with van der Waals surface area (Å²) in [6.45, 7) is -0.286. The number of nitrogens with zero attached hydrogens (tertiary/aromatic N) is 2. The summed E-state index contributed by atoms with van der Waals surface area (Å²) in [7, 11) is 0. The van der Waals surface area contributed by atoms with Gasteiger partial charge in [-0.2, -0.15) is 0 Å². The molecule has 0 bridgehead atoms. The molecule has 1 N–H and O–H groups in total. The second kappa shape index (κ2) is 11.1. The molecule has 1 aliphatic heterocycles. The third-order valence-electron chi connectivity index (χ3n) is 5.84. The number of rotatable bonds is 10. The predicted molar refractivity (Wildman–Crippen MR) is 132 cm³/mol. The standard InChI is InChI=1S/C26H24N2O6S/c29-14-20(13-25(32)33)27(17-30)23-16-35-26(19-8-2-1-3-9-19)28(23)24(31)15-34-22-12-6-10-18-7-4-5-11-21(18)22/h1-12,14,17,20,23,26H,13,15-16H2,(H,32,33)/t20-,23+,26?/m0/s1. The van der Waals surface area contributed by atoms with Gasteiger partial charge in [0.1, 0.15) is 23.6 Å². The van der Waals surface area contributed by atoms with Crippen LogP contribution in [0, 0.1) is 0 Å². The number of carbonyl (C=O) groups is 4. The molecular formula is C26H24N2O6S. The largest absolute Gasteiger partial charge is 0.483 e. The molecule has 180 valence electrons. The van der Waals surface area contributed by atoms with Crippen LogP contribution in [-0.4, -0.2) is 64.0 Å². The van der Waals surface area contributed by atoms with Gasteiger partial charge in [0.25, 0.3) is 5.91 Å². The number of hydrogen-bond donors (Lipinski definition) is 1. The molecule has 4 rings (SSSR count). The van der Waals surface area contributed by atoms with Gasteiger partial charge in [0.2, 0.25) is 6.41 Å². The Morgan fingerprint density at radius 2 is 1.77 bits per heavy atom. The summed E-state index contributed by atoms with van der Waals surface area (Å²) in [5.74, 6) is -0.715. The number of aliphatic carboxylic acids is 1. The number of amides is 2. The van der Waals surface area contributed by atoms with Crippen molar-refractivity contribution in [1.29, 1.82) is 0 Å². The van der Waals surface area contributed by atoms with E-state index in [1.807, 2.05) is 66.7 Å². The van der Waals surface area contributed by atoms with Gasteiger partial charge in [-0.3, -0.25) is 14.4 Å². The summed E-state index contributed by atoms with van der Waals surface area (Å²) in [6, 6.07) is 21.4. The van der Waals surface area contributed by atoms with E-state index in [9.17, 15) is 24.3 Å². The molecule has 0 aromatic heterocycles. The lowest BCUT2D eigenvalue weighted by Crippen LogP contribution is -2.54. The van der Waals surface area contributed by atoms with Gasteiger partial charge in [0, 0.05) is 11.1 Å². The van der Waals surface area contributed by atoms with Gasteiger partial charge >= 0.3 is 5.97 Å². The van der Waals surface area contributed by atoms with E-state index in [1.54, 1.807) is 6.07 Å². The summed E-state index contributed by atoms with van der Waals surface area (Å²) >= 11 is 1.44. The van der Waals surface area contributed by atoms with E-state index in [-0.39, 0.29) is 12.5 Å². The minimum Gasteiger partial charge on any atom is -0.483 e. The van der Waals surface area contributed by atoms with Crippen molar-refractivity contribution in [2.75, 3.05) is 12.4 Å². The van der Waals surface area contributed by atoms with E-state index in [2.05, 4.69) is 0 Å². The molecule has 0 saturated carbocycles. The highest BCUT2D eigenvalue weighted by molar-refractivity contribution is 7.99. The molecule has 35 heavy (non-hydrogen) atoms. The number of hydrogen-bond acceptors (Lipinski definition) is 6. The highest BCUT2D eigenvalue weighted by Gasteiger charge is 2.43. The third-order valence-corrected chi connectivity index (χ3v) is 7.15. The number of aldehydes is 1. The fourth-order valence-corrected chi connectivity index (χ4v) is 5.66. The number of carboxylic acids is 1. The van der Waals surface area contributed by atoms with Gasteiger partial charge in [-0.1, -0.05) is 66.7 Å². The molecule has 3 aromatic carbocycles. The van der Waals surface area contributed by atoms with Crippen LogP contribution in [0.4, 0.5) is 0 Å². The van der Waals surface area contributed by atoms with Crippen LogP contribution in [0.3, 0.4) is 0 Å². The first-order chi connectivity index (χ1) is 17.0. The van der Waals surface area contributed by atoms with Crippen LogP contribution in [0.15, 0.2) is 72.8 Å². The van der Waals surface area contributed by atoms with Crippen LogP contribution < -0.4 is 4.74 Å². The number of carboxylic acid groups (broad SMARTS) is 1. The van der Waals surface area contributed by atoms with Crippen molar-refractivity contribution in [3.63, 3.8) is 0 Å². The number of benzene rings is 3. The molecule has 2 amide bonds. The Labute approximate surface area is 206 Å². The highest BCUT2D eigenvalue weighted by atomic mass is 32.2. The Balaban J connectivity index is 1.62. The smallest absolute Gasteiger partial charge is 0.305 e. The SMILES string of the molecule is O=C[C@H](CC(=O)O)N(C=O)[C@H]1CSC(c2ccccc2)N1C(=O)COc1cccc2ccccc12. The van der Waals surface area contributed by atoms with Crippen LogP contribution in [-0.2, 0) is 19.2 Å². The maximum absolute atomic E-state index is 13.5. The Hall–Kier alpha value is -3.85. The average molecular weight is 493 g/mol. The van der Waals surface area contributed by atoms with E-state index in [0.29, 0.717) is 24.2 Å². The van der Waals surface area contributed by atoms with Crippen LogP contribution in [0.2, 0.25) is 0 Å². The van der Waals surface area contributed by atoms with Gasteiger partial charge in [-0.05, 0) is 17.0 Å². The highest BCUT2D eigenvalue weighted by Crippen LogP contribution is 2.42. The fourth-order valence-electron chi connectivity index (χ4n) is 4.20. The van der Waals surface area contributed by atoms with Gasteiger partial charge in [-0.25, -0.2) is 0 Å². The van der Waals surface area contributed by atoms with E-state index < -0.39 is 30.0 Å². The average Bonchev–Trinajstić information content (AvgIpc) is 3.32. The second-order valence-electron chi connectivity index (χ2n) is 8.00. The Morgan fingerprint density at radius 1 is 1.06 bits per heavy atom.